The van der Waals surface area contributed by atoms with E-state index in [9.17, 15) is 31.2 Å². The lowest BCUT2D eigenvalue weighted by Crippen LogP contribution is -2.41. The van der Waals surface area contributed by atoms with Gasteiger partial charge in [0.15, 0.2) is 0 Å². The van der Waals surface area contributed by atoms with E-state index in [1.807, 2.05) is 11.1 Å². The first kappa shape index (κ1) is 29.4. The third-order valence-electron chi connectivity index (χ3n) is 7.48. The summed E-state index contributed by atoms with van der Waals surface area (Å²) in [7, 11) is -6.02. The Bertz CT molecular complexity index is 1570. The van der Waals surface area contributed by atoms with E-state index < -0.39 is 28.0 Å². The van der Waals surface area contributed by atoms with Crippen molar-refractivity contribution in [2.24, 2.45) is 5.92 Å². The molecule has 1 saturated heterocycles. The topological polar surface area (TPSA) is 109 Å². The molecule has 2 aliphatic rings. The van der Waals surface area contributed by atoms with Crippen LogP contribution < -0.4 is 0 Å². The predicted octanol–water partition coefficient (Wildman–Crippen LogP) is 5.27. The van der Waals surface area contributed by atoms with Gasteiger partial charge in [0.1, 0.15) is 0 Å². The molecule has 1 aromatic heterocycles. The van der Waals surface area contributed by atoms with Crippen molar-refractivity contribution in [1.29, 1.82) is 0 Å². The molecule has 2 heterocycles. The number of alkyl halides is 3. The maximum atomic E-state index is 13.3. The maximum Gasteiger partial charge on any atom is 0.534 e. The minimum absolute atomic E-state index is 0.0929. The van der Waals surface area contributed by atoms with Gasteiger partial charge in [-0.25, -0.2) is 0 Å². The average Bonchev–Trinajstić information content (AvgIpc) is 3.51. The molecule has 1 aliphatic carbocycles. The van der Waals surface area contributed by atoms with Crippen LogP contribution in [0.2, 0.25) is 10.0 Å². The summed E-state index contributed by atoms with van der Waals surface area (Å²) in [6, 6.07) is 9.66. The standard InChI is InChI=1S/C27H24Cl2F3N3O5S/c28-22-12-18(16-3-1-15(2-4-16)9-25(36)40-41(38,39)27(30,31)32)13-23(29)21(22)11-17-7-8-35(26(17)37)20-5-6-24-19(10-20)14-33-34-24/h1-4,12-14,17,20H,5-11H2,(H,33,34). The zero-order chi connectivity index (χ0) is 29.5. The molecule has 5 rings (SSSR count). The quantitative estimate of drug-likeness (QED) is 0.282. The Morgan fingerprint density at radius 3 is 2.44 bits per heavy atom. The highest BCUT2D eigenvalue weighted by atomic mass is 35.5. The van der Waals surface area contributed by atoms with Crippen molar-refractivity contribution in [2.75, 3.05) is 6.54 Å². The summed E-state index contributed by atoms with van der Waals surface area (Å²) in [6.45, 7) is 0.677. The molecular weight excluding hydrogens is 606 g/mol. The first-order valence-corrected chi connectivity index (χ1v) is 14.9. The summed E-state index contributed by atoms with van der Waals surface area (Å²) in [6.07, 6.45) is 4.82. The van der Waals surface area contributed by atoms with Crippen molar-refractivity contribution in [3.05, 3.63) is 75.0 Å². The molecule has 14 heteroatoms. The van der Waals surface area contributed by atoms with E-state index in [0.717, 1.165) is 30.5 Å². The number of amides is 1. The number of halogens is 5. The van der Waals surface area contributed by atoms with Crippen LogP contribution in [0.5, 0.6) is 0 Å². The molecule has 41 heavy (non-hydrogen) atoms. The Kier molecular flexibility index (Phi) is 8.10. The van der Waals surface area contributed by atoms with E-state index in [4.69, 9.17) is 23.2 Å². The van der Waals surface area contributed by atoms with Gasteiger partial charge >= 0.3 is 21.6 Å². The van der Waals surface area contributed by atoms with Gasteiger partial charge < -0.3 is 9.08 Å². The first-order valence-electron chi connectivity index (χ1n) is 12.7. The highest BCUT2D eigenvalue weighted by Gasteiger charge is 2.49. The third kappa shape index (κ3) is 6.24. The van der Waals surface area contributed by atoms with Crippen molar-refractivity contribution < 1.29 is 35.4 Å². The molecule has 2 unspecified atom stereocenters. The summed E-state index contributed by atoms with van der Waals surface area (Å²) >= 11 is 13.2. The smallest absolute Gasteiger partial charge is 0.339 e. The van der Waals surface area contributed by atoms with Crippen LogP contribution in [0.3, 0.4) is 0 Å². The van der Waals surface area contributed by atoms with Gasteiger partial charge in [0.2, 0.25) is 5.91 Å². The van der Waals surface area contributed by atoms with Gasteiger partial charge in [-0.2, -0.15) is 26.7 Å². The molecule has 2 aromatic carbocycles. The molecule has 2 atom stereocenters. The minimum Gasteiger partial charge on any atom is -0.339 e. The number of aromatic amines is 1. The number of aryl methyl sites for hydroxylation is 1. The third-order valence-corrected chi connectivity index (χ3v) is 9.13. The second kappa shape index (κ2) is 11.3. The zero-order valence-electron chi connectivity index (χ0n) is 21.4. The van der Waals surface area contributed by atoms with Crippen LogP contribution in [0, 0.1) is 5.92 Å². The summed E-state index contributed by atoms with van der Waals surface area (Å²) < 4.78 is 62.9. The Balaban J connectivity index is 1.23. The van der Waals surface area contributed by atoms with E-state index >= 15 is 0 Å². The van der Waals surface area contributed by atoms with E-state index in [2.05, 4.69) is 14.4 Å². The second-order valence-corrected chi connectivity index (χ2v) is 12.5. The molecule has 8 nitrogen and oxygen atoms in total. The molecule has 0 saturated carbocycles. The number of likely N-dealkylation sites (tertiary alicyclic amines) is 1. The van der Waals surface area contributed by atoms with Crippen LogP contribution in [0.1, 0.15) is 35.2 Å². The normalized spacial score (nSPS) is 19.3. The SMILES string of the molecule is O=C(Cc1ccc(-c2cc(Cl)c(CC3CCN(C4CCc5n[nH]cc5C4)C3=O)c(Cl)c2)cc1)OS(=O)(=O)C(F)(F)F. The van der Waals surface area contributed by atoms with Gasteiger partial charge in [-0.15, -0.1) is 0 Å². The molecule has 1 amide bonds. The number of nitrogens with zero attached hydrogens (tertiary/aromatic N) is 2. The molecule has 0 spiro atoms. The van der Waals surface area contributed by atoms with E-state index in [1.165, 1.54) is 12.1 Å². The molecule has 0 bridgehead atoms. The zero-order valence-corrected chi connectivity index (χ0v) is 23.7. The fraction of sp³-hybridized carbons (Fsp3) is 0.370. The van der Waals surface area contributed by atoms with E-state index in [0.29, 0.717) is 46.1 Å². The van der Waals surface area contributed by atoms with Gasteiger partial charge in [0.25, 0.3) is 0 Å². The Labute approximate surface area is 243 Å². The number of carbonyl (C=O) groups is 2. The Morgan fingerprint density at radius 2 is 1.78 bits per heavy atom. The number of fused-ring (bicyclic) bond motifs is 1. The number of nitrogens with one attached hydrogen (secondary N) is 1. The summed E-state index contributed by atoms with van der Waals surface area (Å²) in [5.74, 6) is -1.70. The van der Waals surface area contributed by atoms with Gasteiger partial charge in [0.05, 0.1) is 12.1 Å². The van der Waals surface area contributed by atoms with E-state index in [1.54, 1.807) is 24.3 Å². The van der Waals surface area contributed by atoms with Crippen LogP contribution in [0.25, 0.3) is 11.1 Å². The number of carbonyl (C=O) groups excluding carboxylic acids is 2. The number of H-pyrrole nitrogens is 1. The maximum absolute atomic E-state index is 13.3. The van der Waals surface area contributed by atoms with Gasteiger partial charge in [-0.3, -0.25) is 14.7 Å². The molecule has 218 valence electrons. The lowest BCUT2D eigenvalue weighted by molar-refractivity contribution is -0.135. The lowest BCUT2D eigenvalue weighted by atomic mass is 9.92. The number of hydrogen-bond donors (Lipinski definition) is 1. The van der Waals surface area contributed by atoms with Gasteiger partial charge in [0, 0.05) is 34.7 Å². The monoisotopic (exact) mass is 629 g/mol. The second-order valence-electron chi connectivity index (χ2n) is 10.1. The summed E-state index contributed by atoms with van der Waals surface area (Å²) in [4.78, 5) is 27.0. The largest absolute Gasteiger partial charge is 0.534 e. The molecule has 0 radical (unpaired) electrons. The number of hydrogen-bond acceptors (Lipinski definition) is 6. The van der Waals surface area contributed by atoms with Crippen molar-refractivity contribution in [3.63, 3.8) is 0 Å². The number of rotatable bonds is 7. The molecule has 3 aromatic rings. The van der Waals surface area contributed by atoms with Crippen molar-refractivity contribution in [3.8, 4) is 11.1 Å². The highest BCUT2D eigenvalue weighted by Crippen LogP contribution is 2.36. The van der Waals surface area contributed by atoms with Gasteiger partial charge in [-0.1, -0.05) is 47.5 Å². The van der Waals surface area contributed by atoms with Crippen molar-refractivity contribution in [2.45, 2.75) is 50.1 Å². The van der Waals surface area contributed by atoms with Crippen molar-refractivity contribution >= 4 is 45.2 Å². The number of aromatic nitrogens is 2. The summed E-state index contributed by atoms with van der Waals surface area (Å²) in [5.41, 5.74) is -1.26. The Morgan fingerprint density at radius 1 is 1.10 bits per heavy atom. The molecule has 1 fully saturated rings. The fourth-order valence-corrected chi connectivity index (χ4v) is 6.41. The van der Waals surface area contributed by atoms with Crippen LogP contribution in [0.15, 0.2) is 42.6 Å². The predicted molar refractivity (Wildman–Crippen MR) is 145 cm³/mol. The fourth-order valence-electron chi connectivity index (χ4n) is 5.37. The molecule has 1 N–H and O–H groups in total. The average molecular weight is 630 g/mol. The molecular formula is C27H24Cl2F3N3O5S. The highest BCUT2D eigenvalue weighted by molar-refractivity contribution is 7.88. The van der Waals surface area contributed by atoms with Crippen LogP contribution in [-0.4, -0.2) is 53.5 Å². The minimum atomic E-state index is -6.02. The molecule has 1 aliphatic heterocycles. The summed E-state index contributed by atoms with van der Waals surface area (Å²) in [5, 5.41) is 7.95. The Hall–Kier alpha value is -3.09. The van der Waals surface area contributed by atoms with Crippen LogP contribution >= 0.6 is 23.2 Å². The van der Waals surface area contributed by atoms with Crippen molar-refractivity contribution in [1.82, 2.24) is 15.1 Å². The van der Waals surface area contributed by atoms with E-state index in [-0.39, 0.29) is 23.4 Å². The first-order chi connectivity index (χ1) is 19.3. The van der Waals surface area contributed by atoms with Gasteiger partial charge in [-0.05, 0) is 72.1 Å². The van der Waals surface area contributed by atoms with Crippen LogP contribution in [0.4, 0.5) is 13.2 Å². The lowest BCUT2D eigenvalue weighted by Gasteiger charge is -2.31. The van der Waals surface area contributed by atoms with Crippen LogP contribution in [-0.2, 0) is 49.6 Å². The number of benzene rings is 2.